The Bertz CT molecular complexity index is 335. The van der Waals surface area contributed by atoms with Gasteiger partial charge in [-0.2, -0.15) is 0 Å². The summed E-state index contributed by atoms with van der Waals surface area (Å²) in [5, 5.41) is 0. The summed E-state index contributed by atoms with van der Waals surface area (Å²) >= 11 is 4.81. The second-order valence-electron chi connectivity index (χ2n) is 3.81. The monoisotopic (exact) mass is 224 g/mol. The molecule has 0 aromatic carbocycles. The summed E-state index contributed by atoms with van der Waals surface area (Å²) in [6, 6.07) is 3.60. The van der Waals surface area contributed by atoms with Gasteiger partial charge in [-0.05, 0) is 25.0 Å². The lowest BCUT2D eigenvalue weighted by Gasteiger charge is -2.17. The summed E-state index contributed by atoms with van der Waals surface area (Å²) in [6.45, 7) is 6.26. The highest BCUT2D eigenvalue weighted by molar-refractivity contribution is 7.80. The van der Waals surface area contributed by atoms with Crippen LogP contribution in [0.4, 0.5) is 0 Å². The predicted octanol–water partition coefficient (Wildman–Crippen LogP) is 2.14. The molecule has 0 fully saturated rings. The van der Waals surface area contributed by atoms with E-state index in [-0.39, 0.29) is 6.10 Å². The van der Waals surface area contributed by atoms with Crippen LogP contribution in [-0.4, -0.2) is 16.1 Å². The minimum Gasteiger partial charge on any atom is -0.489 e. The number of rotatable bonds is 4. The van der Waals surface area contributed by atoms with Crippen molar-refractivity contribution in [2.75, 3.05) is 0 Å². The fourth-order valence-corrected chi connectivity index (χ4v) is 1.07. The molecule has 1 aromatic rings. The molecular formula is C11H16N2OS. The highest BCUT2D eigenvalue weighted by Crippen LogP contribution is 2.14. The van der Waals surface area contributed by atoms with E-state index in [0.717, 1.165) is 5.75 Å². The lowest BCUT2D eigenvalue weighted by Crippen LogP contribution is -2.19. The van der Waals surface area contributed by atoms with Gasteiger partial charge >= 0.3 is 0 Å². The highest BCUT2D eigenvalue weighted by atomic mass is 32.1. The van der Waals surface area contributed by atoms with Gasteiger partial charge in [0.2, 0.25) is 0 Å². The maximum absolute atomic E-state index is 5.66. The summed E-state index contributed by atoms with van der Waals surface area (Å²) in [5.41, 5.74) is 6.06. The Morgan fingerprint density at radius 1 is 1.40 bits per heavy atom. The van der Waals surface area contributed by atoms with E-state index >= 15 is 0 Å². The lowest BCUT2D eigenvalue weighted by molar-refractivity contribution is 0.170. The number of aromatic nitrogens is 1. The van der Waals surface area contributed by atoms with Gasteiger partial charge in [-0.25, -0.2) is 4.98 Å². The standard InChI is InChI=1S/C11H16N2OS/c1-7(2)8(3)14-9-4-5-10(11(12)15)13-6-9/h4-8H,1-3H3,(H2,12,15). The van der Waals surface area contributed by atoms with Crippen LogP contribution in [0.5, 0.6) is 5.75 Å². The molecule has 3 nitrogen and oxygen atoms in total. The number of ether oxygens (including phenoxy) is 1. The first-order chi connectivity index (χ1) is 7.00. The number of nitrogens with two attached hydrogens (primary N) is 1. The van der Waals surface area contributed by atoms with Gasteiger partial charge in [-0.3, -0.25) is 0 Å². The average molecular weight is 224 g/mol. The molecule has 0 aliphatic rings. The molecule has 0 amide bonds. The summed E-state index contributed by atoms with van der Waals surface area (Å²) in [4.78, 5) is 4.40. The number of pyridine rings is 1. The topological polar surface area (TPSA) is 48.1 Å². The molecule has 0 radical (unpaired) electrons. The van der Waals surface area contributed by atoms with Gasteiger partial charge in [-0.15, -0.1) is 0 Å². The maximum atomic E-state index is 5.66. The van der Waals surface area contributed by atoms with Crippen LogP contribution in [0.3, 0.4) is 0 Å². The van der Waals surface area contributed by atoms with Gasteiger partial charge in [0.15, 0.2) is 0 Å². The smallest absolute Gasteiger partial charge is 0.138 e. The van der Waals surface area contributed by atoms with E-state index in [4.69, 9.17) is 22.7 Å². The van der Waals surface area contributed by atoms with Gasteiger partial charge in [0.25, 0.3) is 0 Å². The predicted molar refractivity (Wildman–Crippen MR) is 65.1 cm³/mol. The van der Waals surface area contributed by atoms with Crippen LogP contribution in [0.1, 0.15) is 26.5 Å². The third kappa shape index (κ3) is 3.47. The van der Waals surface area contributed by atoms with Crippen LogP contribution in [0.15, 0.2) is 18.3 Å². The molecule has 2 N–H and O–H groups in total. The van der Waals surface area contributed by atoms with E-state index in [2.05, 4.69) is 18.8 Å². The van der Waals surface area contributed by atoms with Crippen LogP contribution >= 0.6 is 12.2 Å². The first-order valence-electron chi connectivity index (χ1n) is 4.93. The van der Waals surface area contributed by atoms with Crippen molar-refractivity contribution in [2.24, 2.45) is 11.7 Å². The molecule has 0 saturated carbocycles. The van der Waals surface area contributed by atoms with Crippen molar-refractivity contribution in [1.29, 1.82) is 0 Å². The van der Waals surface area contributed by atoms with Crippen LogP contribution in [0.2, 0.25) is 0 Å². The van der Waals surface area contributed by atoms with Crippen molar-refractivity contribution in [3.63, 3.8) is 0 Å². The SMILES string of the molecule is CC(C)C(C)Oc1ccc(C(N)=S)nc1. The van der Waals surface area contributed by atoms with E-state index in [9.17, 15) is 0 Å². The van der Waals surface area contributed by atoms with E-state index in [1.807, 2.05) is 13.0 Å². The largest absolute Gasteiger partial charge is 0.489 e. The zero-order valence-corrected chi connectivity index (χ0v) is 10.0. The van der Waals surface area contributed by atoms with Crippen LogP contribution < -0.4 is 10.5 Å². The van der Waals surface area contributed by atoms with E-state index in [1.54, 1.807) is 12.3 Å². The molecule has 82 valence electrons. The van der Waals surface area contributed by atoms with Crippen LogP contribution in [0, 0.1) is 5.92 Å². The Morgan fingerprint density at radius 3 is 2.47 bits per heavy atom. The molecular weight excluding hydrogens is 208 g/mol. The summed E-state index contributed by atoms with van der Waals surface area (Å²) < 4.78 is 5.66. The van der Waals surface area contributed by atoms with Gasteiger partial charge in [0.05, 0.1) is 18.0 Å². The van der Waals surface area contributed by atoms with Gasteiger partial charge in [0, 0.05) is 0 Å². The van der Waals surface area contributed by atoms with Crippen molar-refractivity contribution in [1.82, 2.24) is 4.98 Å². The Morgan fingerprint density at radius 2 is 2.07 bits per heavy atom. The summed E-state index contributed by atoms with van der Waals surface area (Å²) in [6.07, 6.45) is 1.82. The number of thiocarbonyl (C=S) groups is 1. The van der Waals surface area contributed by atoms with Crippen LogP contribution in [-0.2, 0) is 0 Å². The second-order valence-corrected chi connectivity index (χ2v) is 4.25. The molecule has 1 heterocycles. The third-order valence-electron chi connectivity index (χ3n) is 2.25. The molecule has 0 spiro atoms. The fourth-order valence-electron chi connectivity index (χ4n) is 0.946. The zero-order chi connectivity index (χ0) is 11.4. The number of nitrogens with zero attached hydrogens (tertiary/aromatic N) is 1. The Balaban J connectivity index is 2.68. The van der Waals surface area contributed by atoms with Crippen molar-refractivity contribution in [3.8, 4) is 5.75 Å². The second kappa shape index (κ2) is 5.07. The van der Waals surface area contributed by atoms with Crippen molar-refractivity contribution >= 4 is 17.2 Å². The van der Waals surface area contributed by atoms with Crippen molar-refractivity contribution < 1.29 is 4.74 Å². The van der Waals surface area contributed by atoms with Crippen molar-refractivity contribution in [3.05, 3.63) is 24.0 Å². The maximum Gasteiger partial charge on any atom is 0.138 e. The van der Waals surface area contributed by atoms with Crippen molar-refractivity contribution in [2.45, 2.75) is 26.9 Å². The molecule has 1 atom stereocenters. The average Bonchev–Trinajstić information content (AvgIpc) is 2.18. The van der Waals surface area contributed by atoms with Gasteiger partial charge in [-0.1, -0.05) is 26.1 Å². The fraction of sp³-hybridized carbons (Fsp3) is 0.455. The molecule has 1 unspecified atom stereocenters. The van der Waals surface area contributed by atoms with Gasteiger partial charge in [0.1, 0.15) is 10.7 Å². The van der Waals surface area contributed by atoms with E-state index in [0.29, 0.717) is 16.6 Å². The summed E-state index contributed by atoms with van der Waals surface area (Å²) in [5.74, 6) is 1.22. The van der Waals surface area contributed by atoms with Crippen LogP contribution in [0.25, 0.3) is 0 Å². The number of hydrogen-bond acceptors (Lipinski definition) is 3. The molecule has 0 bridgehead atoms. The van der Waals surface area contributed by atoms with Gasteiger partial charge < -0.3 is 10.5 Å². The Labute approximate surface area is 95.7 Å². The summed E-state index contributed by atoms with van der Waals surface area (Å²) in [7, 11) is 0. The molecule has 0 aliphatic heterocycles. The molecule has 0 aliphatic carbocycles. The Kier molecular flexibility index (Phi) is 4.03. The van der Waals surface area contributed by atoms with E-state index in [1.165, 1.54) is 0 Å². The number of hydrogen-bond donors (Lipinski definition) is 1. The molecule has 0 saturated heterocycles. The molecule has 4 heteroatoms. The minimum atomic E-state index is 0.169. The van der Waals surface area contributed by atoms with E-state index < -0.39 is 0 Å². The minimum absolute atomic E-state index is 0.169. The quantitative estimate of drug-likeness (QED) is 0.796. The molecule has 15 heavy (non-hydrogen) atoms. The molecule has 1 aromatic heterocycles. The Hall–Kier alpha value is -1.16. The normalized spacial score (nSPS) is 12.5. The third-order valence-corrected chi connectivity index (χ3v) is 2.46. The molecule has 1 rings (SSSR count). The first-order valence-corrected chi connectivity index (χ1v) is 5.34. The highest BCUT2D eigenvalue weighted by Gasteiger charge is 2.08. The lowest BCUT2D eigenvalue weighted by atomic mass is 10.1. The zero-order valence-electron chi connectivity index (χ0n) is 9.23. The first kappa shape index (κ1) is 11.9.